The molecule has 1 aliphatic heterocycles. The van der Waals surface area contributed by atoms with Gasteiger partial charge in [-0.1, -0.05) is 43.3 Å². The lowest BCUT2D eigenvalue weighted by Gasteiger charge is -2.34. The van der Waals surface area contributed by atoms with Gasteiger partial charge in [-0.05, 0) is 29.7 Å². The Bertz CT molecular complexity index is 943. The first-order chi connectivity index (χ1) is 14.6. The van der Waals surface area contributed by atoms with Crippen LogP contribution in [0, 0.1) is 0 Å². The molecular formula is C24H30N4OS. The molecule has 1 amide bonds. The van der Waals surface area contributed by atoms with Crippen molar-refractivity contribution in [3.63, 3.8) is 0 Å². The lowest BCUT2D eigenvalue weighted by atomic mass is 10.1. The Labute approximate surface area is 182 Å². The number of likely N-dealkylation sites (N-methyl/N-ethyl adjacent to an activating group) is 1. The van der Waals surface area contributed by atoms with Crippen molar-refractivity contribution < 1.29 is 4.79 Å². The third-order valence-electron chi connectivity index (χ3n) is 5.80. The second-order valence-corrected chi connectivity index (χ2v) is 9.16. The summed E-state index contributed by atoms with van der Waals surface area (Å²) in [6.07, 6.45) is 1.04. The van der Waals surface area contributed by atoms with Crippen LogP contribution in [0.25, 0.3) is 10.2 Å². The van der Waals surface area contributed by atoms with Gasteiger partial charge in [0.15, 0.2) is 0 Å². The molecule has 1 aliphatic rings. The maximum Gasteiger partial charge on any atom is 0.236 e. The van der Waals surface area contributed by atoms with Crippen molar-refractivity contribution in [1.82, 2.24) is 19.7 Å². The van der Waals surface area contributed by atoms with Crippen LogP contribution in [0.15, 0.2) is 48.5 Å². The van der Waals surface area contributed by atoms with E-state index in [0.717, 1.165) is 44.7 Å². The number of piperazine rings is 1. The third kappa shape index (κ3) is 5.25. The molecule has 1 saturated heterocycles. The summed E-state index contributed by atoms with van der Waals surface area (Å²) in [5.41, 5.74) is 3.61. The third-order valence-corrected chi connectivity index (χ3v) is 6.82. The Morgan fingerprint density at radius 3 is 2.37 bits per heavy atom. The molecule has 2 heterocycles. The molecule has 5 nitrogen and oxygen atoms in total. The number of carbonyl (C=O) groups excluding carboxylic acids is 1. The van der Waals surface area contributed by atoms with Crippen LogP contribution in [0.3, 0.4) is 0 Å². The molecule has 3 aromatic rings. The van der Waals surface area contributed by atoms with E-state index in [1.54, 1.807) is 11.3 Å². The summed E-state index contributed by atoms with van der Waals surface area (Å²) < 4.78 is 1.25. The number of para-hydroxylation sites is 1. The molecule has 0 radical (unpaired) electrons. The van der Waals surface area contributed by atoms with Crippen LogP contribution in [-0.2, 0) is 24.3 Å². The fraction of sp³-hybridized carbons (Fsp3) is 0.417. The molecule has 30 heavy (non-hydrogen) atoms. The van der Waals surface area contributed by atoms with Crippen LogP contribution in [0.5, 0.6) is 0 Å². The molecule has 1 fully saturated rings. The Balaban J connectivity index is 1.23. The number of carbonyl (C=O) groups is 1. The number of hydrogen-bond acceptors (Lipinski definition) is 5. The Hall–Kier alpha value is -2.28. The van der Waals surface area contributed by atoms with Crippen LogP contribution in [-0.4, -0.2) is 65.4 Å². The Morgan fingerprint density at radius 2 is 1.67 bits per heavy atom. The van der Waals surface area contributed by atoms with Gasteiger partial charge < -0.3 is 4.90 Å². The zero-order valence-corrected chi connectivity index (χ0v) is 18.7. The van der Waals surface area contributed by atoms with E-state index in [0.29, 0.717) is 13.1 Å². The summed E-state index contributed by atoms with van der Waals surface area (Å²) in [4.78, 5) is 24.0. The maximum atomic E-state index is 12.7. The fourth-order valence-electron chi connectivity index (χ4n) is 3.84. The van der Waals surface area contributed by atoms with E-state index in [4.69, 9.17) is 4.98 Å². The normalized spacial score (nSPS) is 15.5. The predicted molar refractivity (Wildman–Crippen MR) is 124 cm³/mol. The summed E-state index contributed by atoms with van der Waals surface area (Å²) in [6, 6.07) is 16.9. The second kappa shape index (κ2) is 9.69. The second-order valence-electron chi connectivity index (χ2n) is 8.05. The topological polar surface area (TPSA) is 39.7 Å². The number of rotatable bonds is 7. The maximum absolute atomic E-state index is 12.7. The van der Waals surface area contributed by atoms with E-state index in [9.17, 15) is 4.79 Å². The van der Waals surface area contributed by atoms with Crippen molar-refractivity contribution >= 4 is 27.5 Å². The summed E-state index contributed by atoms with van der Waals surface area (Å²) in [6.45, 7) is 8.03. The van der Waals surface area contributed by atoms with Gasteiger partial charge in [-0.15, -0.1) is 11.3 Å². The van der Waals surface area contributed by atoms with Crippen LogP contribution < -0.4 is 0 Å². The van der Waals surface area contributed by atoms with E-state index in [2.05, 4.69) is 59.2 Å². The lowest BCUT2D eigenvalue weighted by molar-refractivity contribution is -0.132. The Kier molecular flexibility index (Phi) is 6.77. The lowest BCUT2D eigenvalue weighted by Crippen LogP contribution is -2.49. The number of hydrogen-bond donors (Lipinski definition) is 0. The smallest absolute Gasteiger partial charge is 0.236 e. The van der Waals surface area contributed by atoms with E-state index < -0.39 is 0 Å². The molecule has 1 aromatic heterocycles. The summed E-state index contributed by atoms with van der Waals surface area (Å²) >= 11 is 1.78. The van der Waals surface area contributed by atoms with Crippen molar-refractivity contribution in [2.24, 2.45) is 0 Å². The highest BCUT2D eigenvalue weighted by atomic mass is 32.1. The zero-order chi connectivity index (χ0) is 20.9. The molecule has 0 atom stereocenters. The molecule has 6 heteroatoms. The molecule has 2 aromatic carbocycles. The van der Waals surface area contributed by atoms with Crippen molar-refractivity contribution in [2.75, 3.05) is 39.8 Å². The number of aryl methyl sites for hydroxylation is 1. The van der Waals surface area contributed by atoms with Gasteiger partial charge in [0, 0.05) is 39.8 Å². The van der Waals surface area contributed by atoms with Gasteiger partial charge in [-0.2, -0.15) is 0 Å². The van der Waals surface area contributed by atoms with E-state index >= 15 is 0 Å². The summed E-state index contributed by atoms with van der Waals surface area (Å²) in [5.74, 6) is 0.189. The van der Waals surface area contributed by atoms with Crippen LogP contribution >= 0.6 is 11.3 Å². The molecule has 0 spiro atoms. The fourth-order valence-corrected chi connectivity index (χ4v) is 4.85. The van der Waals surface area contributed by atoms with E-state index in [1.165, 1.54) is 20.8 Å². The number of amides is 1. The van der Waals surface area contributed by atoms with Crippen LogP contribution in [0.4, 0.5) is 0 Å². The molecule has 0 N–H and O–H groups in total. The number of fused-ring (bicyclic) bond motifs is 1. The number of aromatic nitrogens is 1. The first-order valence-electron chi connectivity index (χ1n) is 10.7. The van der Waals surface area contributed by atoms with Crippen molar-refractivity contribution in [3.05, 3.63) is 64.7 Å². The monoisotopic (exact) mass is 422 g/mol. The van der Waals surface area contributed by atoms with Crippen molar-refractivity contribution in [2.45, 2.75) is 26.4 Å². The molecule has 0 saturated carbocycles. The highest BCUT2D eigenvalue weighted by molar-refractivity contribution is 7.18. The van der Waals surface area contributed by atoms with E-state index in [1.807, 2.05) is 18.0 Å². The average Bonchev–Trinajstić information content (AvgIpc) is 3.18. The predicted octanol–water partition coefficient (Wildman–Crippen LogP) is 3.63. The minimum absolute atomic E-state index is 0.189. The average molecular weight is 423 g/mol. The van der Waals surface area contributed by atoms with Gasteiger partial charge in [0.2, 0.25) is 5.91 Å². The minimum Gasteiger partial charge on any atom is -0.340 e. The molecule has 0 bridgehead atoms. The van der Waals surface area contributed by atoms with Crippen LogP contribution in [0.1, 0.15) is 23.1 Å². The molecule has 0 unspecified atom stereocenters. The molecule has 4 rings (SSSR count). The van der Waals surface area contributed by atoms with Crippen molar-refractivity contribution in [1.29, 1.82) is 0 Å². The summed E-state index contributed by atoms with van der Waals surface area (Å²) in [5, 5.41) is 1.18. The minimum atomic E-state index is 0.189. The number of benzene rings is 2. The molecular weight excluding hydrogens is 392 g/mol. The number of nitrogens with zero attached hydrogens (tertiary/aromatic N) is 4. The van der Waals surface area contributed by atoms with Crippen LogP contribution in [0.2, 0.25) is 0 Å². The molecule has 158 valence electrons. The van der Waals surface area contributed by atoms with E-state index in [-0.39, 0.29) is 5.91 Å². The van der Waals surface area contributed by atoms with Gasteiger partial charge in [0.25, 0.3) is 0 Å². The largest absolute Gasteiger partial charge is 0.340 e. The quantitative estimate of drug-likeness (QED) is 0.583. The summed E-state index contributed by atoms with van der Waals surface area (Å²) in [7, 11) is 1.90. The standard InChI is InChI=1S/C24H30N4OS/c1-3-19-8-10-20(11-9-19)16-26(2)24(29)18-28-14-12-27(13-15-28)17-23-25-21-6-4-5-7-22(21)30-23/h4-11H,3,12-18H2,1-2H3. The SMILES string of the molecule is CCc1ccc(CN(C)C(=O)CN2CCN(Cc3nc4ccccc4s3)CC2)cc1. The molecule has 0 aliphatic carbocycles. The van der Waals surface area contributed by atoms with Gasteiger partial charge >= 0.3 is 0 Å². The van der Waals surface area contributed by atoms with Gasteiger partial charge in [-0.3, -0.25) is 14.6 Å². The van der Waals surface area contributed by atoms with Gasteiger partial charge in [0.1, 0.15) is 5.01 Å². The highest BCUT2D eigenvalue weighted by Gasteiger charge is 2.21. The van der Waals surface area contributed by atoms with Crippen molar-refractivity contribution in [3.8, 4) is 0 Å². The van der Waals surface area contributed by atoms with Gasteiger partial charge in [0.05, 0.1) is 23.3 Å². The number of thiazole rings is 1. The van der Waals surface area contributed by atoms with Gasteiger partial charge in [-0.25, -0.2) is 4.98 Å². The highest BCUT2D eigenvalue weighted by Crippen LogP contribution is 2.23. The first kappa shape index (κ1) is 21.0. The first-order valence-corrected chi connectivity index (χ1v) is 11.5. The zero-order valence-electron chi connectivity index (χ0n) is 17.9. The Morgan fingerprint density at radius 1 is 1.00 bits per heavy atom.